The molecule has 1 amide bonds. The van der Waals surface area contributed by atoms with Crippen LogP contribution in [0.25, 0.3) is 6.08 Å². The number of likely N-dealkylation sites (N-methyl/N-ethyl adjacent to an activating group) is 1. The van der Waals surface area contributed by atoms with Gasteiger partial charge in [-0.2, -0.15) is 5.26 Å². The third-order valence-corrected chi connectivity index (χ3v) is 7.90. The van der Waals surface area contributed by atoms with E-state index in [0.717, 1.165) is 69.7 Å². The van der Waals surface area contributed by atoms with Crippen LogP contribution in [0, 0.1) is 18.3 Å². The molecule has 1 aromatic rings. The van der Waals surface area contributed by atoms with Gasteiger partial charge in [-0.3, -0.25) is 19.1 Å². The van der Waals surface area contributed by atoms with E-state index in [-0.39, 0.29) is 17.0 Å². The first-order chi connectivity index (χ1) is 16.3. The monoisotopic (exact) mass is 501 g/mol. The number of piperazine rings is 1. The summed E-state index contributed by atoms with van der Waals surface area (Å²) in [5.41, 5.74) is 1.32. The summed E-state index contributed by atoms with van der Waals surface area (Å²) in [5, 5.41) is 9.82. The van der Waals surface area contributed by atoms with Crippen LogP contribution in [0.1, 0.15) is 62.6 Å². The predicted molar refractivity (Wildman–Crippen MR) is 144 cm³/mol. The van der Waals surface area contributed by atoms with Crippen molar-refractivity contribution in [2.24, 2.45) is 0 Å². The topological polar surface area (TPSA) is 72.6 Å². The van der Waals surface area contributed by atoms with Crippen molar-refractivity contribution in [1.29, 1.82) is 5.26 Å². The molecule has 2 aliphatic heterocycles. The van der Waals surface area contributed by atoms with Gasteiger partial charge in [0.05, 0.1) is 4.91 Å². The van der Waals surface area contributed by atoms with Crippen LogP contribution in [-0.4, -0.2) is 64.4 Å². The van der Waals surface area contributed by atoms with Crippen molar-refractivity contribution in [3.8, 4) is 6.07 Å². The molecule has 0 bridgehead atoms. The zero-order valence-corrected chi connectivity index (χ0v) is 22.4. The summed E-state index contributed by atoms with van der Waals surface area (Å²) in [4.78, 5) is 33.3. The second kappa shape index (κ2) is 12.0. The van der Waals surface area contributed by atoms with Gasteiger partial charge in [-0.05, 0) is 38.5 Å². The molecule has 7 nitrogen and oxygen atoms in total. The van der Waals surface area contributed by atoms with Gasteiger partial charge in [-0.25, -0.2) is 0 Å². The van der Waals surface area contributed by atoms with Crippen LogP contribution >= 0.6 is 24.0 Å². The minimum Gasteiger partial charge on any atom is -0.355 e. The van der Waals surface area contributed by atoms with Crippen molar-refractivity contribution in [2.45, 2.75) is 59.4 Å². The van der Waals surface area contributed by atoms with E-state index in [1.54, 1.807) is 9.47 Å². The van der Waals surface area contributed by atoms with E-state index in [9.17, 15) is 14.9 Å². The molecule has 0 N–H and O–H groups in total. The summed E-state index contributed by atoms with van der Waals surface area (Å²) in [5.74, 6) is 0.735. The molecule has 0 aliphatic carbocycles. The third-order valence-electron chi connectivity index (χ3n) is 6.52. The molecule has 3 rings (SSSR count). The first-order valence-corrected chi connectivity index (χ1v) is 13.4. The highest BCUT2D eigenvalue weighted by Crippen LogP contribution is 2.36. The Morgan fingerprint density at radius 2 is 1.74 bits per heavy atom. The Hall–Kier alpha value is -2.15. The van der Waals surface area contributed by atoms with E-state index >= 15 is 0 Å². The number of anilines is 1. The maximum atomic E-state index is 13.3. The van der Waals surface area contributed by atoms with Crippen LogP contribution in [0.15, 0.2) is 9.70 Å². The van der Waals surface area contributed by atoms with Gasteiger partial charge in [0, 0.05) is 44.8 Å². The van der Waals surface area contributed by atoms with Gasteiger partial charge < -0.3 is 9.80 Å². The molecule has 1 aromatic heterocycles. The standard InChI is InChI=1S/C25H35N5O2S2/c1-5-7-9-11-30-24(32)21(34-25(30)33)16-19-18(3)20(17-26)23(31)29(10-8-6-2)22(19)28-14-12-27(4)13-15-28/h16H,5-15H2,1-4H3. The quantitative estimate of drug-likeness (QED) is 0.288. The summed E-state index contributed by atoms with van der Waals surface area (Å²) >= 11 is 6.83. The molecule has 0 saturated carbocycles. The summed E-state index contributed by atoms with van der Waals surface area (Å²) < 4.78 is 2.33. The smallest absolute Gasteiger partial charge is 0.270 e. The van der Waals surface area contributed by atoms with Crippen molar-refractivity contribution >= 4 is 46.1 Å². The molecule has 34 heavy (non-hydrogen) atoms. The highest BCUT2D eigenvalue weighted by molar-refractivity contribution is 8.26. The number of thiocarbonyl (C=S) groups is 1. The lowest BCUT2D eigenvalue weighted by atomic mass is 10.0. The van der Waals surface area contributed by atoms with Crippen LogP contribution in [-0.2, 0) is 11.3 Å². The molecule has 0 atom stereocenters. The summed E-state index contributed by atoms with van der Waals surface area (Å²) in [7, 11) is 2.09. The molecule has 2 aliphatic rings. The fourth-order valence-electron chi connectivity index (χ4n) is 4.37. The predicted octanol–water partition coefficient (Wildman–Crippen LogP) is 3.97. The highest BCUT2D eigenvalue weighted by atomic mass is 32.2. The van der Waals surface area contributed by atoms with E-state index < -0.39 is 0 Å². The summed E-state index contributed by atoms with van der Waals surface area (Å²) in [6.45, 7) is 10.6. The summed E-state index contributed by atoms with van der Waals surface area (Å²) in [6.07, 6.45) is 6.70. The first-order valence-electron chi connectivity index (χ1n) is 12.2. The molecular formula is C25H35N5O2S2. The van der Waals surface area contributed by atoms with Gasteiger partial charge in [-0.15, -0.1) is 0 Å². The molecule has 9 heteroatoms. The Bertz CT molecular complexity index is 1060. The minimum absolute atomic E-state index is 0.0837. The highest BCUT2D eigenvalue weighted by Gasteiger charge is 2.33. The number of amides is 1. The fourth-order valence-corrected chi connectivity index (χ4v) is 5.66. The number of pyridine rings is 1. The normalized spacial score (nSPS) is 18.3. The third kappa shape index (κ3) is 5.56. The Kier molecular flexibility index (Phi) is 9.34. The molecule has 3 heterocycles. The number of carbonyl (C=O) groups is 1. The molecule has 0 radical (unpaired) electrons. The average Bonchev–Trinajstić information content (AvgIpc) is 3.08. The number of unbranched alkanes of at least 4 members (excludes halogenated alkanes) is 3. The lowest BCUT2D eigenvalue weighted by molar-refractivity contribution is -0.122. The summed E-state index contributed by atoms with van der Waals surface area (Å²) in [6, 6.07) is 2.13. The number of hydrogen-bond donors (Lipinski definition) is 0. The second-order valence-corrected chi connectivity index (χ2v) is 10.7. The molecule has 0 aromatic carbocycles. The van der Waals surface area contributed by atoms with Crippen molar-refractivity contribution in [3.63, 3.8) is 0 Å². The van der Waals surface area contributed by atoms with Crippen LogP contribution in [0.3, 0.4) is 0 Å². The van der Waals surface area contributed by atoms with Gasteiger partial charge in [0.25, 0.3) is 11.5 Å². The van der Waals surface area contributed by atoms with E-state index in [4.69, 9.17) is 12.2 Å². The van der Waals surface area contributed by atoms with Crippen LogP contribution < -0.4 is 10.5 Å². The average molecular weight is 502 g/mol. The van der Waals surface area contributed by atoms with Gasteiger partial charge in [0.2, 0.25) is 0 Å². The van der Waals surface area contributed by atoms with Crippen molar-refractivity contribution in [2.75, 3.05) is 44.7 Å². The van der Waals surface area contributed by atoms with Gasteiger partial charge in [-0.1, -0.05) is 57.1 Å². The Labute approximate surface area is 212 Å². The Morgan fingerprint density at radius 3 is 2.35 bits per heavy atom. The number of nitrogens with zero attached hydrogens (tertiary/aromatic N) is 5. The van der Waals surface area contributed by atoms with Crippen LogP contribution in [0.5, 0.6) is 0 Å². The van der Waals surface area contributed by atoms with Gasteiger partial charge in [0.15, 0.2) is 0 Å². The van der Waals surface area contributed by atoms with Crippen molar-refractivity contribution in [3.05, 3.63) is 31.9 Å². The zero-order valence-electron chi connectivity index (χ0n) is 20.7. The minimum atomic E-state index is -0.244. The molecule has 0 spiro atoms. The van der Waals surface area contributed by atoms with E-state index in [1.807, 2.05) is 13.0 Å². The first kappa shape index (κ1) is 26.5. The Morgan fingerprint density at radius 1 is 1.06 bits per heavy atom. The molecule has 2 saturated heterocycles. The largest absolute Gasteiger partial charge is 0.355 e. The Balaban J connectivity index is 2.13. The number of hydrogen-bond acceptors (Lipinski definition) is 7. The number of aromatic nitrogens is 1. The maximum Gasteiger partial charge on any atom is 0.270 e. The molecule has 2 fully saturated rings. The molecule has 0 unspecified atom stereocenters. The van der Waals surface area contributed by atoms with E-state index in [2.05, 4.69) is 36.8 Å². The SMILES string of the molecule is CCCCCN1C(=O)C(=Cc2c(C)c(C#N)c(=O)n(CCCC)c2N2CCN(C)CC2)SC1=S. The maximum absolute atomic E-state index is 13.3. The van der Waals surface area contributed by atoms with E-state index in [0.29, 0.717) is 27.9 Å². The zero-order chi connectivity index (χ0) is 24.8. The van der Waals surface area contributed by atoms with Crippen LogP contribution in [0.4, 0.5) is 5.82 Å². The lowest BCUT2D eigenvalue weighted by Gasteiger charge is -2.36. The van der Waals surface area contributed by atoms with Crippen molar-refractivity contribution in [1.82, 2.24) is 14.4 Å². The fraction of sp³-hybridized carbons (Fsp3) is 0.600. The number of carbonyl (C=O) groups excluding carboxylic acids is 1. The van der Waals surface area contributed by atoms with E-state index in [1.165, 1.54) is 11.8 Å². The molecule has 184 valence electrons. The van der Waals surface area contributed by atoms with Crippen LogP contribution in [0.2, 0.25) is 0 Å². The van der Waals surface area contributed by atoms with Gasteiger partial charge >= 0.3 is 0 Å². The number of rotatable bonds is 9. The number of thioether (sulfide) groups is 1. The number of nitriles is 1. The van der Waals surface area contributed by atoms with Gasteiger partial charge in [0.1, 0.15) is 21.8 Å². The second-order valence-electron chi connectivity index (χ2n) is 8.99. The molecular weight excluding hydrogens is 466 g/mol. The van der Waals surface area contributed by atoms with Crippen molar-refractivity contribution < 1.29 is 4.79 Å². The lowest BCUT2D eigenvalue weighted by Crippen LogP contribution is -2.47.